The fourth-order valence-electron chi connectivity index (χ4n) is 2.34. The van der Waals surface area contributed by atoms with Gasteiger partial charge in [0, 0.05) is 26.3 Å². The summed E-state index contributed by atoms with van der Waals surface area (Å²) in [6, 6.07) is 0. The van der Waals surface area contributed by atoms with Crippen LogP contribution in [-0.2, 0) is 4.74 Å². The Balaban J connectivity index is 1.95. The lowest BCUT2D eigenvalue weighted by Gasteiger charge is -2.31. The third-order valence-electron chi connectivity index (χ3n) is 3.32. The quantitative estimate of drug-likeness (QED) is 0.647. The molecule has 0 bridgehead atoms. The lowest BCUT2D eigenvalue weighted by Crippen LogP contribution is -2.37. The first kappa shape index (κ1) is 13.9. The molecule has 1 aliphatic heterocycles. The first-order valence-electron chi connectivity index (χ1n) is 6.81. The molecule has 0 aliphatic carbocycles. The van der Waals surface area contributed by atoms with E-state index in [4.69, 9.17) is 9.84 Å². The molecule has 1 N–H and O–H groups in total. The molecule has 16 heavy (non-hydrogen) atoms. The van der Waals surface area contributed by atoms with Crippen LogP contribution in [0.5, 0.6) is 0 Å². The largest absolute Gasteiger partial charge is 0.396 e. The van der Waals surface area contributed by atoms with Crippen molar-refractivity contribution in [2.45, 2.75) is 51.6 Å². The zero-order valence-corrected chi connectivity index (χ0v) is 10.7. The molecule has 3 heteroatoms. The number of ether oxygens (including phenoxy) is 1. The highest BCUT2D eigenvalue weighted by Crippen LogP contribution is 2.14. The summed E-state index contributed by atoms with van der Waals surface area (Å²) in [5.41, 5.74) is 0. The van der Waals surface area contributed by atoms with Crippen LogP contribution in [-0.4, -0.2) is 49.0 Å². The SMILES string of the molecule is CCOC1CCN(CCCCCCO)CC1. The summed E-state index contributed by atoms with van der Waals surface area (Å²) in [4.78, 5) is 2.55. The van der Waals surface area contributed by atoms with E-state index in [-0.39, 0.29) is 0 Å². The van der Waals surface area contributed by atoms with Crippen molar-refractivity contribution in [2.24, 2.45) is 0 Å². The van der Waals surface area contributed by atoms with Crippen LogP contribution in [0.3, 0.4) is 0 Å². The van der Waals surface area contributed by atoms with Gasteiger partial charge in [0.1, 0.15) is 0 Å². The summed E-state index contributed by atoms with van der Waals surface area (Å²) >= 11 is 0. The Hall–Kier alpha value is -0.120. The van der Waals surface area contributed by atoms with E-state index in [1.54, 1.807) is 0 Å². The van der Waals surface area contributed by atoms with E-state index in [0.29, 0.717) is 12.7 Å². The van der Waals surface area contributed by atoms with E-state index in [0.717, 1.165) is 13.0 Å². The van der Waals surface area contributed by atoms with Crippen LogP contribution in [0.25, 0.3) is 0 Å². The smallest absolute Gasteiger partial charge is 0.0599 e. The zero-order chi connectivity index (χ0) is 11.6. The van der Waals surface area contributed by atoms with E-state index in [1.807, 2.05) is 0 Å². The van der Waals surface area contributed by atoms with Crippen molar-refractivity contribution in [1.82, 2.24) is 4.90 Å². The fraction of sp³-hybridized carbons (Fsp3) is 1.00. The number of hydrogen-bond donors (Lipinski definition) is 1. The molecule has 0 unspecified atom stereocenters. The van der Waals surface area contributed by atoms with Crippen molar-refractivity contribution in [3.63, 3.8) is 0 Å². The highest BCUT2D eigenvalue weighted by Gasteiger charge is 2.18. The molecule has 1 saturated heterocycles. The van der Waals surface area contributed by atoms with Gasteiger partial charge < -0.3 is 14.7 Å². The van der Waals surface area contributed by atoms with Gasteiger partial charge in [-0.3, -0.25) is 0 Å². The van der Waals surface area contributed by atoms with Gasteiger partial charge in [-0.05, 0) is 39.2 Å². The van der Waals surface area contributed by atoms with Crippen LogP contribution in [0, 0.1) is 0 Å². The number of piperidine rings is 1. The second-order valence-corrected chi connectivity index (χ2v) is 4.63. The maximum atomic E-state index is 8.67. The van der Waals surface area contributed by atoms with E-state index in [2.05, 4.69) is 11.8 Å². The van der Waals surface area contributed by atoms with Crippen molar-refractivity contribution in [1.29, 1.82) is 0 Å². The number of unbranched alkanes of at least 4 members (excludes halogenated alkanes) is 3. The van der Waals surface area contributed by atoms with Gasteiger partial charge in [0.15, 0.2) is 0 Å². The minimum Gasteiger partial charge on any atom is -0.396 e. The third kappa shape index (κ3) is 5.83. The monoisotopic (exact) mass is 229 g/mol. The van der Waals surface area contributed by atoms with Crippen molar-refractivity contribution < 1.29 is 9.84 Å². The molecule has 0 aromatic carbocycles. The molecule has 0 atom stereocenters. The maximum Gasteiger partial charge on any atom is 0.0599 e. The van der Waals surface area contributed by atoms with Crippen LogP contribution >= 0.6 is 0 Å². The molecule has 0 saturated carbocycles. The molecule has 1 fully saturated rings. The van der Waals surface area contributed by atoms with Gasteiger partial charge in [0.2, 0.25) is 0 Å². The molecule has 1 heterocycles. The van der Waals surface area contributed by atoms with Gasteiger partial charge in [-0.2, -0.15) is 0 Å². The zero-order valence-electron chi connectivity index (χ0n) is 10.7. The predicted octanol–water partition coefficient (Wildman–Crippen LogP) is 2.04. The first-order valence-corrected chi connectivity index (χ1v) is 6.81. The summed E-state index contributed by atoms with van der Waals surface area (Å²) in [5, 5.41) is 8.67. The summed E-state index contributed by atoms with van der Waals surface area (Å²) in [6.45, 7) is 6.90. The number of likely N-dealkylation sites (tertiary alicyclic amines) is 1. The molecule has 0 spiro atoms. The second kappa shape index (κ2) is 8.97. The van der Waals surface area contributed by atoms with E-state index in [1.165, 1.54) is 51.7 Å². The Morgan fingerprint density at radius 2 is 1.81 bits per heavy atom. The Morgan fingerprint density at radius 1 is 1.12 bits per heavy atom. The van der Waals surface area contributed by atoms with Crippen LogP contribution < -0.4 is 0 Å². The highest BCUT2D eigenvalue weighted by atomic mass is 16.5. The second-order valence-electron chi connectivity index (χ2n) is 4.63. The number of rotatable bonds is 8. The summed E-state index contributed by atoms with van der Waals surface area (Å²) in [5.74, 6) is 0. The lowest BCUT2D eigenvalue weighted by atomic mass is 10.1. The van der Waals surface area contributed by atoms with Crippen molar-refractivity contribution in [2.75, 3.05) is 32.8 Å². The van der Waals surface area contributed by atoms with E-state index < -0.39 is 0 Å². The molecule has 1 aliphatic rings. The van der Waals surface area contributed by atoms with Gasteiger partial charge in [0.25, 0.3) is 0 Å². The van der Waals surface area contributed by atoms with E-state index >= 15 is 0 Å². The molecule has 1 rings (SSSR count). The molecule has 0 aromatic heterocycles. The highest BCUT2D eigenvalue weighted by molar-refractivity contribution is 4.72. The maximum absolute atomic E-state index is 8.67. The van der Waals surface area contributed by atoms with Crippen LogP contribution in [0.4, 0.5) is 0 Å². The summed E-state index contributed by atoms with van der Waals surface area (Å²) < 4.78 is 5.63. The number of aliphatic hydroxyl groups is 1. The van der Waals surface area contributed by atoms with Crippen molar-refractivity contribution in [3.05, 3.63) is 0 Å². The van der Waals surface area contributed by atoms with Gasteiger partial charge in [-0.15, -0.1) is 0 Å². The summed E-state index contributed by atoms with van der Waals surface area (Å²) in [6.07, 6.45) is 7.58. The summed E-state index contributed by atoms with van der Waals surface area (Å²) in [7, 11) is 0. The molecule has 0 aromatic rings. The third-order valence-corrected chi connectivity index (χ3v) is 3.32. The first-order chi connectivity index (χ1) is 7.86. The van der Waals surface area contributed by atoms with Crippen molar-refractivity contribution in [3.8, 4) is 0 Å². The molecule has 0 amide bonds. The Bertz CT molecular complexity index is 156. The molecule has 96 valence electrons. The Morgan fingerprint density at radius 3 is 2.44 bits per heavy atom. The van der Waals surface area contributed by atoms with Crippen LogP contribution in [0.1, 0.15) is 45.4 Å². The topological polar surface area (TPSA) is 32.7 Å². The minimum absolute atomic E-state index is 0.347. The van der Waals surface area contributed by atoms with Crippen LogP contribution in [0.15, 0.2) is 0 Å². The van der Waals surface area contributed by atoms with Gasteiger partial charge in [-0.25, -0.2) is 0 Å². The Kier molecular flexibility index (Phi) is 7.81. The van der Waals surface area contributed by atoms with Gasteiger partial charge in [0.05, 0.1) is 6.10 Å². The van der Waals surface area contributed by atoms with E-state index in [9.17, 15) is 0 Å². The van der Waals surface area contributed by atoms with Crippen molar-refractivity contribution >= 4 is 0 Å². The minimum atomic E-state index is 0.347. The number of aliphatic hydroxyl groups excluding tert-OH is 1. The predicted molar refractivity (Wildman–Crippen MR) is 66.6 cm³/mol. The van der Waals surface area contributed by atoms with Crippen LogP contribution in [0.2, 0.25) is 0 Å². The van der Waals surface area contributed by atoms with Gasteiger partial charge >= 0.3 is 0 Å². The normalized spacial score (nSPS) is 19.1. The van der Waals surface area contributed by atoms with Gasteiger partial charge in [-0.1, -0.05) is 12.8 Å². The lowest BCUT2D eigenvalue weighted by molar-refractivity contribution is 0.0140. The molecule has 3 nitrogen and oxygen atoms in total. The number of nitrogens with zero attached hydrogens (tertiary/aromatic N) is 1. The molecular weight excluding hydrogens is 202 g/mol. The molecular formula is C13H27NO2. The number of hydrogen-bond acceptors (Lipinski definition) is 3. The molecule has 0 radical (unpaired) electrons. The fourth-order valence-corrected chi connectivity index (χ4v) is 2.34. The average Bonchev–Trinajstić information content (AvgIpc) is 2.31. The standard InChI is InChI=1S/C13H27NO2/c1-2-16-13-7-10-14(11-8-13)9-5-3-4-6-12-15/h13,15H,2-12H2,1H3. The Labute approximate surface area is 99.8 Å². The average molecular weight is 229 g/mol.